The molecule has 1 aromatic rings. The first kappa shape index (κ1) is 12.7. The van der Waals surface area contributed by atoms with E-state index in [4.69, 9.17) is 5.11 Å². The molecule has 3 heteroatoms. The Labute approximate surface area is 96.1 Å². The fraction of sp³-hybridized carbons (Fsp3) is 0.462. The predicted octanol–water partition coefficient (Wildman–Crippen LogP) is 2.14. The number of aliphatic hydroxyl groups excluding tert-OH is 1. The Morgan fingerprint density at radius 3 is 2.38 bits per heavy atom. The van der Waals surface area contributed by atoms with E-state index in [2.05, 4.69) is 4.74 Å². The highest BCUT2D eigenvalue weighted by Gasteiger charge is 2.14. The van der Waals surface area contributed by atoms with E-state index in [0.717, 1.165) is 5.56 Å². The van der Waals surface area contributed by atoms with Gasteiger partial charge in [0.15, 0.2) is 0 Å². The topological polar surface area (TPSA) is 46.5 Å². The lowest BCUT2D eigenvalue weighted by atomic mass is 9.86. The molecule has 88 valence electrons. The Morgan fingerprint density at radius 2 is 2.00 bits per heavy atom. The number of carbonyl (C=O) groups excluding carboxylic acids is 1. The van der Waals surface area contributed by atoms with E-state index in [1.165, 1.54) is 19.3 Å². The molecule has 2 rings (SSSR count). The summed E-state index contributed by atoms with van der Waals surface area (Å²) in [5.74, 6) is 0.671. The van der Waals surface area contributed by atoms with Gasteiger partial charge in [0.1, 0.15) is 6.61 Å². The van der Waals surface area contributed by atoms with Crippen molar-refractivity contribution in [3.63, 3.8) is 0 Å². The largest absolute Gasteiger partial charge is 0.463 e. The highest BCUT2D eigenvalue weighted by molar-refractivity contribution is 5.37. The quantitative estimate of drug-likeness (QED) is 0.794. The van der Waals surface area contributed by atoms with Crippen LogP contribution in [0.15, 0.2) is 30.3 Å². The highest BCUT2D eigenvalue weighted by Crippen LogP contribution is 2.24. The Balaban J connectivity index is 0.000000181. The van der Waals surface area contributed by atoms with Crippen LogP contribution >= 0.6 is 0 Å². The van der Waals surface area contributed by atoms with E-state index in [-0.39, 0.29) is 0 Å². The van der Waals surface area contributed by atoms with Gasteiger partial charge in [0, 0.05) is 6.61 Å². The molecule has 0 radical (unpaired) electrons. The summed E-state index contributed by atoms with van der Waals surface area (Å²) in [5, 5.41) is 8.39. The molecule has 1 N–H and O–H groups in total. The lowest BCUT2D eigenvalue weighted by molar-refractivity contribution is -0.129. The molecule has 1 aliphatic carbocycles. The average molecular weight is 222 g/mol. The van der Waals surface area contributed by atoms with Crippen molar-refractivity contribution in [2.24, 2.45) is 5.92 Å². The molecule has 0 atom stereocenters. The maximum Gasteiger partial charge on any atom is 0.293 e. The first-order chi connectivity index (χ1) is 7.86. The van der Waals surface area contributed by atoms with Crippen molar-refractivity contribution >= 4 is 6.47 Å². The van der Waals surface area contributed by atoms with Crippen molar-refractivity contribution in [3.8, 4) is 0 Å². The van der Waals surface area contributed by atoms with E-state index in [0.29, 0.717) is 25.6 Å². The van der Waals surface area contributed by atoms with E-state index >= 15 is 0 Å². The highest BCUT2D eigenvalue weighted by atomic mass is 16.5. The van der Waals surface area contributed by atoms with Gasteiger partial charge in [-0.3, -0.25) is 4.79 Å². The number of aliphatic hydroxyl groups is 1. The van der Waals surface area contributed by atoms with E-state index < -0.39 is 0 Å². The zero-order valence-electron chi connectivity index (χ0n) is 9.34. The molecule has 0 spiro atoms. The molecule has 0 bridgehead atoms. The lowest BCUT2D eigenvalue weighted by Gasteiger charge is -2.21. The summed E-state index contributed by atoms with van der Waals surface area (Å²) < 4.78 is 4.54. The van der Waals surface area contributed by atoms with Gasteiger partial charge < -0.3 is 9.84 Å². The molecular weight excluding hydrogens is 204 g/mol. The molecule has 0 aromatic heterocycles. The summed E-state index contributed by atoms with van der Waals surface area (Å²) in [5.41, 5.74) is 1.01. The molecule has 1 saturated carbocycles. The van der Waals surface area contributed by atoms with Crippen LogP contribution in [0.4, 0.5) is 0 Å². The Kier molecular flexibility index (Phi) is 6.26. The number of benzene rings is 1. The third-order valence-electron chi connectivity index (χ3n) is 2.64. The van der Waals surface area contributed by atoms with Crippen molar-refractivity contribution in [2.45, 2.75) is 25.9 Å². The fourth-order valence-electron chi connectivity index (χ4n) is 1.38. The van der Waals surface area contributed by atoms with Crippen LogP contribution in [0.25, 0.3) is 0 Å². The van der Waals surface area contributed by atoms with E-state index in [1.807, 2.05) is 30.3 Å². The molecule has 0 unspecified atom stereocenters. The van der Waals surface area contributed by atoms with Crippen LogP contribution < -0.4 is 0 Å². The summed E-state index contributed by atoms with van der Waals surface area (Å²) in [6.07, 6.45) is 3.86. The molecule has 0 saturated heterocycles. The summed E-state index contributed by atoms with van der Waals surface area (Å²) in [4.78, 5) is 9.76. The Hall–Kier alpha value is -1.35. The normalized spacial score (nSPS) is 14.3. The first-order valence-electron chi connectivity index (χ1n) is 5.57. The average Bonchev–Trinajstić information content (AvgIpc) is 2.27. The molecule has 0 aliphatic heterocycles. The van der Waals surface area contributed by atoms with Crippen molar-refractivity contribution in [1.82, 2.24) is 0 Å². The number of carbonyl (C=O) groups is 1. The molecule has 1 fully saturated rings. The van der Waals surface area contributed by atoms with Gasteiger partial charge in [-0.1, -0.05) is 36.8 Å². The van der Waals surface area contributed by atoms with Crippen molar-refractivity contribution in [3.05, 3.63) is 35.9 Å². The maximum absolute atomic E-state index is 9.76. The second-order valence-corrected chi connectivity index (χ2v) is 3.87. The van der Waals surface area contributed by atoms with E-state index in [1.54, 1.807) is 0 Å². The standard InChI is InChI=1S/C8H8O2.C5H10O/c9-7-10-6-8-4-2-1-3-5-8;6-4-5-2-1-3-5/h1-5,7H,6H2;5-6H,1-4H2. The fourth-order valence-corrected chi connectivity index (χ4v) is 1.38. The molecule has 3 nitrogen and oxygen atoms in total. The number of hydrogen-bond acceptors (Lipinski definition) is 3. The smallest absolute Gasteiger partial charge is 0.293 e. The molecule has 16 heavy (non-hydrogen) atoms. The van der Waals surface area contributed by atoms with Crippen LogP contribution in [-0.2, 0) is 16.1 Å². The summed E-state index contributed by atoms with van der Waals surface area (Å²) in [6.45, 7) is 1.23. The molecule has 1 aromatic carbocycles. The van der Waals surface area contributed by atoms with Crippen LogP contribution in [0.3, 0.4) is 0 Å². The SMILES string of the molecule is O=COCc1ccccc1.OCC1CCC1. The van der Waals surface area contributed by atoms with Crippen LogP contribution in [0.2, 0.25) is 0 Å². The number of hydrogen-bond donors (Lipinski definition) is 1. The van der Waals surface area contributed by atoms with Gasteiger partial charge in [-0.25, -0.2) is 0 Å². The Bertz CT molecular complexity index is 278. The zero-order chi connectivity index (χ0) is 11.6. The molecule has 0 heterocycles. The molecular formula is C13H18O3. The minimum Gasteiger partial charge on any atom is -0.463 e. The Morgan fingerprint density at radius 1 is 1.31 bits per heavy atom. The predicted molar refractivity (Wildman–Crippen MR) is 61.7 cm³/mol. The third-order valence-corrected chi connectivity index (χ3v) is 2.64. The van der Waals surface area contributed by atoms with Crippen LogP contribution in [0, 0.1) is 5.92 Å². The van der Waals surface area contributed by atoms with Crippen molar-refractivity contribution < 1.29 is 14.6 Å². The van der Waals surface area contributed by atoms with Gasteiger partial charge in [0.25, 0.3) is 6.47 Å². The van der Waals surface area contributed by atoms with Gasteiger partial charge in [0.2, 0.25) is 0 Å². The second-order valence-electron chi connectivity index (χ2n) is 3.87. The number of rotatable bonds is 4. The van der Waals surface area contributed by atoms with Crippen LogP contribution in [0.5, 0.6) is 0 Å². The van der Waals surface area contributed by atoms with Gasteiger partial charge in [-0.05, 0) is 24.3 Å². The van der Waals surface area contributed by atoms with Crippen molar-refractivity contribution in [1.29, 1.82) is 0 Å². The molecule has 0 amide bonds. The van der Waals surface area contributed by atoms with Gasteiger partial charge in [-0.15, -0.1) is 0 Å². The van der Waals surface area contributed by atoms with Gasteiger partial charge in [-0.2, -0.15) is 0 Å². The number of ether oxygens (including phenoxy) is 1. The van der Waals surface area contributed by atoms with Crippen LogP contribution in [-0.4, -0.2) is 18.2 Å². The monoisotopic (exact) mass is 222 g/mol. The maximum atomic E-state index is 9.76. The second kappa shape index (κ2) is 7.88. The molecule has 1 aliphatic rings. The van der Waals surface area contributed by atoms with Gasteiger partial charge in [0.05, 0.1) is 0 Å². The third kappa shape index (κ3) is 4.94. The summed E-state index contributed by atoms with van der Waals surface area (Å²) in [6, 6.07) is 9.55. The van der Waals surface area contributed by atoms with Gasteiger partial charge >= 0.3 is 0 Å². The van der Waals surface area contributed by atoms with Crippen LogP contribution in [0.1, 0.15) is 24.8 Å². The zero-order valence-corrected chi connectivity index (χ0v) is 9.34. The van der Waals surface area contributed by atoms with Crippen molar-refractivity contribution in [2.75, 3.05) is 6.61 Å². The lowest BCUT2D eigenvalue weighted by Crippen LogP contribution is -2.14. The minimum atomic E-state index is 0.365. The first-order valence-corrected chi connectivity index (χ1v) is 5.57. The summed E-state index contributed by atoms with van der Waals surface area (Å²) in [7, 11) is 0. The summed E-state index contributed by atoms with van der Waals surface area (Å²) >= 11 is 0. The van der Waals surface area contributed by atoms with E-state index in [9.17, 15) is 4.79 Å². The minimum absolute atomic E-state index is 0.365.